The van der Waals surface area contributed by atoms with Crippen molar-refractivity contribution < 1.29 is 27.5 Å². The lowest BCUT2D eigenvalue weighted by Crippen LogP contribution is -2.32. The average molecular weight is 396 g/mol. The van der Waals surface area contributed by atoms with Gasteiger partial charge in [0.1, 0.15) is 5.82 Å². The molecule has 1 aliphatic heterocycles. The van der Waals surface area contributed by atoms with E-state index in [-0.39, 0.29) is 16.8 Å². The summed E-state index contributed by atoms with van der Waals surface area (Å²) in [6.45, 7) is 0. The molecule has 2 amide bonds. The van der Waals surface area contributed by atoms with E-state index in [0.717, 1.165) is 18.2 Å². The van der Waals surface area contributed by atoms with Crippen molar-refractivity contribution in [1.29, 1.82) is 0 Å². The number of ether oxygens (including phenoxy) is 1. The molecule has 2 aromatic carbocycles. The zero-order valence-corrected chi connectivity index (χ0v) is 15.0. The van der Waals surface area contributed by atoms with Gasteiger partial charge >= 0.3 is 6.09 Å². The number of anilines is 1. The monoisotopic (exact) mass is 396 g/mol. The number of thioether (sulfide) groups is 1. The summed E-state index contributed by atoms with van der Waals surface area (Å²) < 4.78 is 45.3. The Kier molecular flexibility index (Phi) is 5.59. The molecule has 0 spiro atoms. The minimum atomic E-state index is -1.09. The number of methoxy groups -OCH3 is 1. The Bertz CT molecular complexity index is 908. The van der Waals surface area contributed by atoms with E-state index in [1.54, 1.807) is 0 Å². The summed E-state index contributed by atoms with van der Waals surface area (Å²) in [6.07, 6.45) is -0.230. The van der Waals surface area contributed by atoms with Crippen LogP contribution in [0.25, 0.3) is 0 Å². The number of benzene rings is 2. The van der Waals surface area contributed by atoms with E-state index in [2.05, 4.69) is 15.4 Å². The quantitative estimate of drug-likeness (QED) is 0.814. The van der Waals surface area contributed by atoms with Crippen molar-refractivity contribution in [3.05, 3.63) is 58.9 Å². The Morgan fingerprint density at radius 2 is 1.85 bits per heavy atom. The Hall–Kier alpha value is -2.68. The minimum Gasteiger partial charge on any atom is -0.453 e. The zero-order chi connectivity index (χ0) is 19.6. The van der Waals surface area contributed by atoms with Crippen LogP contribution in [0.2, 0.25) is 0 Å². The standard InChI is InChI=1S/C18H15F3N2O3S/c1-26-18(25)23-14-6-7-27-16-10(3-5-12(20)15(14)16)17(24)22-9-2-4-11(19)13(21)8-9/h2-5,8,14H,6-7H2,1H3,(H,22,24)(H,23,25)/t14-/m0/s1. The summed E-state index contributed by atoms with van der Waals surface area (Å²) >= 11 is 1.29. The smallest absolute Gasteiger partial charge is 0.407 e. The first-order valence-corrected chi connectivity index (χ1v) is 8.95. The molecule has 0 fully saturated rings. The Morgan fingerprint density at radius 1 is 1.11 bits per heavy atom. The van der Waals surface area contributed by atoms with Crippen LogP contribution in [0.5, 0.6) is 0 Å². The fraction of sp³-hybridized carbons (Fsp3) is 0.222. The van der Waals surface area contributed by atoms with E-state index in [4.69, 9.17) is 0 Å². The molecule has 142 valence electrons. The molecule has 0 unspecified atom stereocenters. The summed E-state index contributed by atoms with van der Waals surface area (Å²) in [5.41, 5.74) is 0.453. The highest BCUT2D eigenvalue weighted by molar-refractivity contribution is 7.99. The van der Waals surface area contributed by atoms with E-state index in [1.165, 1.54) is 31.0 Å². The van der Waals surface area contributed by atoms with Crippen LogP contribution in [0.15, 0.2) is 35.2 Å². The normalized spacial score (nSPS) is 15.6. The second-order valence-electron chi connectivity index (χ2n) is 5.75. The Morgan fingerprint density at radius 3 is 2.56 bits per heavy atom. The molecule has 3 rings (SSSR count). The average Bonchev–Trinajstić information content (AvgIpc) is 2.65. The number of carbonyl (C=O) groups excluding carboxylic acids is 2. The van der Waals surface area contributed by atoms with E-state index < -0.39 is 35.5 Å². The maximum Gasteiger partial charge on any atom is 0.407 e. The lowest BCUT2D eigenvalue weighted by molar-refractivity contribution is 0.102. The first-order valence-electron chi connectivity index (χ1n) is 7.96. The molecule has 0 saturated heterocycles. The Balaban J connectivity index is 1.92. The lowest BCUT2D eigenvalue weighted by atomic mass is 9.99. The molecule has 2 aromatic rings. The van der Waals surface area contributed by atoms with Gasteiger partial charge in [-0.05, 0) is 30.7 Å². The van der Waals surface area contributed by atoms with Crippen LogP contribution in [-0.2, 0) is 4.74 Å². The topological polar surface area (TPSA) is 67.4 Å². The Labute approximate surface area is 157 Å². The van der Waals surface area contributed by atoms with E-state index in [0.29, 0.717) is 17.1 Å². The number of hydrogen-bond acceptors (Lipinski definition) is 4. The molecule has 0 bridgehead atoms. The fourth-order valence-electron chi connectivity index (χ4n) is 2.78. The van der Waals surface area contributed by atoms with Crippen LogP contribution >= 0.6 is 11.8 Å². The zero-order valence-electron chi connectivity index (χ0n) is 14.1. The largest absolute Gasteiger partial charge is 0.453 e. The highest BCUT2D eigenvalue weighted by Crippen LogP contribution is 2.40. The van der Waals surface area contributed by atoms with Gasteiger partial charge in [-0.2, -0.15) is 0 Å². The molecule has 1 heterocycles. The van der Waals surface area contributed by atoms with E-state index >= 15 is 0 Å². The molecule has 27 heavy (non-hydrogen) atoms. The molecule has 9 heteroatoms. The molecule has 5 nitrogen and oxygen atoms in total. The molecular formula is C18H15F3N2O3S. The molecule has 0 saturated carbocycles. The van der Waals surface area contributed by atoms with Gasteiger partial charge in [-0.1, -0.05) is 0 Å². The number of hydrogen-bond donors (Lipinski definition) is 2. The van der Waals surface area contributed by atoms with Gasteiger partial charge in [0.15, 0.2) is 11.6 Å². The second-order valence-corrected chi connectivity index (χ2v) is 6.85. The van der Waals surface area contributed by atoms with Crippen molar-refractivity contribution in [3.8, 4) is 0 Å². The summed E-state index contributed by atoms with van der Waals surface area (Å²) in [5, 5.41) is 5.03. The molecular weight excluding hydrogens is 381 g/mol. The van der Waals surface area contributed by atoms with E-state index in [9.17, 15) is 22.8 Å². The van der Waals surface area contributed by atoms with E-state index in [1.807, 2.05) is 0 Å². The van der Waals surface area contributed by atoms with Crippen molar-refractivity contribution in [2.75, 3.05) is 18.2 Å². The highest BCUT2D eigenvalue weighted by Gasteiger charge is 2.29. The van der Waals surface area contributed by atoms with Crippen molar-refractivity contribution in [3.63, 3.8) is 0 Å². The molecule has 0 radical (unpaired) electrons. The van der Waals surface area contributed by atoms with Crippen LogP contribution in [0.4, 0.5) is 23.7 Å². The van der Waals surface area contributed by atoms with Crippen LogP contribution in [0, 0.1) is 17.5 Å². The minimum absolute atomic E-state index is 0.0713. The van der Waals surface area contributed by atoms with Gasteiger partial charge in [0.25, 0.3) is 5.91 Å². The third-order valence-corrected chi connectivity index (χ3v) is 5.21. The number of alkyl carbamates (subject to hydrolysis) is 1. The van der Waals surface area contributed by atoms with Gasteiger partial charge in [0, 0.05) is 28.0 Å². The first-order chi connectivity index (χ1) is 12.9. The van der Waals surface area contributed by atoms with Crippen LogP contribution in [0.1, 0.15) is 28.4 Å². The molecule has 0 aliphatic carbocycles. The van der Waals surface area contributed by atoms with Gasteiger partial charge in [0.05, 0.1) is 18.7 Å². The number of fused-ring (bicyclic) bond motifs is 1. The van der Waals surface area contributed by atoms with Gasteiger partial charge in [-0.3, -0.25) is 4.79 Å². The number of carbonyl (C=O) groups is 2. The molecule has 1 atom stereocenters. The van der Waals surface area contributed by atoms with Crippen LogP contribution in [0.3, 0.4) is 0 Å². The van der Waals surface area contributed by atoms with Crippen molar-refractivity contribution in [1.82, 2.24) is 5.32 Å². The third kappa shape index (κ3) is 4.02. The van der Waals surface area contributed by atoms with Gasteiger partial charge in [0.2, 0.25) is 0 Å². The first kappa shape index (κ1) is 19.1. The maximum atomic E-state index is 14.4. The van der Waals surface area contributed by atoms with Gasteiger partial charge < -0.3 is 15.4 Å². The van der Waals surface area contributed by atoms with Gasteiger partial charge in [-0.15, -0.1) is 11.8 Å². The SMILES string of the molecule is COC(=O)N[C@H]1CCSc2c(C(=O)Nc3ccc(F)c(F)c3)ccc(F)c21. The van der Waals surface area contributed by atoms with Crippen molar-refractivity contribution >= 4 is 29.4 Å². The highest BCUT2D eigenvalue weighted by atomic mass is 32.2. The number of amides is 2. The lowest BCUT2D eigenvalue weighted by Gasteiger charge is -2.27. The summed E-state index contributed by atoms with van der Waals surface area (Å²) in [4.78, 5) is 24.5. The number of nitrogens with one attached hydrogen (secondary N) is 2. The van der Waals surface area contributed by atoms with Crippen LogP contribution in [-0.4, -0.2) is 24.9 Å². The summed E-state index contributed by atoms with van der Waals surface area (Å²) in [5.74, 6) is -2.71. The van der Waals surface area contributed by atoms with Crippen molar-refractivity contribution in [2.24, 2.45) is 0 Å². The predicted octanol–water partition coefficient (Wildman–Crippen LogP) is 4.25. The summed E-state index contributed by atoms with van der Waals surface area (Å²) in [6, 6.07) is 4.80. The number of halogens is 3. The third-order valence-electron chi connectivity index (χ3n) is 4.04. The number of rotatable bonds is 3. The molecule has 2 N–H and O–H groups in total. The second kappa shape index (κ2) is 7.91. The predicted molar refractivity (Wildman–Crippen MR) is 94.3 cm³/mol. The van der Waals surface area contributed by atoms with Crippen molar-refractivity contribution in [2.45, 2.75) is 17.4 Å². The molecule has 0 aromatic heterocycles. The summed E-state index contributed by atoms with van der Waals surface area (Å²) in [7, 11) is 1.20. The maximum absolute atomic E-state index is 14.4. The van der Waals surface area contributed by atoms with Crippen LogP contribution < -0.4 is 10.6 Å². The van der Waals surface area contributed by atoms with Gasteiger partial charge in [-0.25, -0.2) is 18.0 Å². The fourth-order valence-corrected chi connectivity index (χ4v) is 4.04. The molecule has 1 aliphatic rings.